The Kier molecular flexibility index (Phi) is 49.2. The van der Waals surface area contributed by atoms with Crippen molar-refractivity contribution in [1.82, 2.24) is 58.6 Å². The molecule has 0 saturated carbocycles. The number of benzene rings is 2. The number of nitrogens with one attached hydrogen (secondary N) is 1. The predicted molar refractivity (Wildman–Crippen MR) is 468 cm³/mol. The van der Waals surface area contributed by atoms with E-state index in [0.29, 0.717) is 67.5 Å². The van der Waals surface area contributed by atoms with Gasteiger partial charge in [0.15, 0.2) is 32.8 Å². The van der Waals surface area contributed by atoms with Crippen LogP contribution in [0.15, 0.2) is 84.4 Å². The second-order valence-corrected chi connectivity index (χ2v) is 36.7. The van der Waals surface area contributed by atoms with Crippen molar-refractivity contribution < 1.29 is 75.5 Å². The molecule has 2 unspecified atom stereocenters. The smallest absolute Gasteiger partial charge is 0.353 e. The van der Waals surface area contributed by atoms with Crippen molar-refractivity contribution in [3.05, 3.63) is 111 Å². The first-order valence-electron chi connectivity index (χ1n) is 42.5. The van der Waals surface area contributed by atoms with E-state index < -0.39 is 58.6 Å². The molecule has 0 fully saturated rings. The number of rotatable bonds is 65. The van der Waals surface area contributed by atoms with Gasteiger partial charge >= 0.3 is 22.8 Å². The number of fused-ring (bicyclic) bond motifs is 3. The van der Waals surface area contributed by atoms with Crippen molar-refractivity contribution in [3.63, 3.8) is 0 Å². The van der Waals surface area contributed by atoms with E-state index in [0.717, 1.165) is 36.8 Å². The third kappa shape index (κ3) is 43.3. The van der Waals surface area contributed by atoms with Gasteiger partial charge in [0.05, 0.1) is 78.4 Å². The molecule has 32 nitrogen and oxygen atoms in total. The number of unbranched alkanes of at least 4 members (excludes halogenated alkanes) is 30. The third-order valence-electron chi connectivity index (χ3n) is 19.7. The number of H-pyrrole nitrogens is 1. The van der Waals surface area contributed by atoms with Gasteiger partial charge in [-0.2, -0.15) is 24.9 Å². The molecule has 2 aromatic carbocycles. The number of ether oxygens (including phenoxy) is 7. The van der Waals surface area contributed by atoms with Crippen LogP contribution in [0.25, 0.3) is 33.5 Å². The first-order chi connectivity index (χ1) is 57.3. The van der Waals surface area contributed by atoms with Crippen LogP contribution in [-0.4, -0.2) is 168 Å². The van der Waals surface area contributed by atoms with Gasteiger partial charge in [0.1, 0.15) is 41.3 Å². The van der Waals surface area contributed by atoms with Crippen molar-refractivity contribution in [2.45, 2.75) is 277 Å². The van der Waals surface area contributed by atoms with E-state index in [4.69, 9.17) is 92.4 Å². The minimum Gasteiger partial charge on any atom is -0.378 e. The van der Waals surface area contributed by atoms with Crippen LogP contribution in [-0.2, 0) is 88.7 Å². The number of aromatic amines is 1. The molecule has 37 heteroatoms. The average Bonchev–Trinajstić information content (AvgIpc) is 1.68. The summed E-state index contributed by atoms with van der Waals surface area (Å²) in [4.78, 5) is 84.9. The minimum atomic E-state index is -4.15. The van der Waals surface area contributed by atoms with Crippen LogP contribution >= 0.6 is 46.0 Å². The number of hydrogen-bond donors (Lipinski definition) is 8. The van der Waals surface area contributed by atoms with Crippen LogP contribution in [0.3, 0.4) is 0 Å². The third-order valence-corrected chi connectivity index (χ3v) is 22.8. The normalized spacial score (nSPS) is 13.9. The Hall–Kier alpha value is -5.96. The molecule has 0 spiro atoms. The first-order valence-corrected chi connectivity index (χ1v) is 48.6. The maximum atomic E-state index is 12.9. The summed E-state index contributed by atoms with van der Waals surface area (Å²) in [6.07, 6.45) is 45.0. The molecule has 0 aliphatic rings. The van der Waals surface area contributed by atoms with Gasteiger partial charge in [-0.15, -0.1) is 0 Å². The number of anilines is 3. The van der Waals surface area contributed by atoms with Gasteiger partial charge in [-0.3, -0.25) is 23.5 Å². The summed E-state index contributed by atoms with van der Waals surface area (Å²) in [6.45, 7) is 11.4. The first kappa shape index (κ1) is 102. The summed E-state index contributed by atoms with van der Waals surface area (Å²) in [5, 5.41) is 0.310. The van der Waals surface area contributed by atoms with Crippen molar-refractivity contribution in [1.29, 1.82) is 0 Å². The lowest BCUT2D eigenvalue weighted by Gasteiger charge is -2.30. The summed E-state index contributed by atoms with van der Waals surface area (Å²) in [5.41, 5.74) is 18.7. The lowest BCUT2D eigenvalue weighted by atomic mass is 10.0. The zero-order chi connectivity index (χ0) is 85.9. The van der Waals surface area contributed by atoms with Gasteiger partial charge in [-0.25, -0.2) is 15.0 Å². The Bertz CT molecular complexity index is 4290. The Morgan fingerprint density at radius 3 is 1.05 bits per heavy atom. The highest BCUT2D eigenvalue weighted by atomic mass is 35.5. The van der Waals surface area contributed by atoms with E-state index >= 15 is 0 Å². The fraction of sp³-hybridized carbons (Fsp3) is 0.671. The van der Waals surface area contributed by atoms with Crippen LogP contribution in [0.2, 0.25) is 10.3 Å². The fourth-order valence-electron chi connectivity index (χ4n) is 12.9. The molecule has 0 bridgehead atoms. The predicted octanol–water partition coefficient (Wildman–Crippen LogP) is 17.8. The molecule has 11 N–H and O–H groups in total. The van der Waals surface area contributed by atoms with Crippen molar-refractivity contribution in [2.75, 3.05) is 95.7 Å². The van der Waals surface area contributed by atoms with E-state index in [1.54, 1.807) is 20.0 Å². The zero-order valence-corrected chi connectivity index (χ0v) is 74.7. The number of hydrogen-bond acceptors (Lipinski definition) is 24. The molecule has 0 amide bonds. The van der Waals surface area contributed by atoms with Crippen LogP contribution in [0.4, 0.5) is 17.8 Å². The van der Waals surface area contributed by atoms with Gasteiger partial charge in [0.25, 0.3) is 5.56 Å². The number of nitrogens with zero attached hydrogens (tertiary/aromatic N) is 11. The van der Waals surface area contributed by atoms with Gasteiger partial charge in [-0.05, 0) is 37.8 Å². The number of halogens is 2. The van der Waals surface area contributed by atoms with E-state index in [1.165, 1.54) is 192 Å². The molecule has 0 radical (unpaired) electrons. The molecule has 0 saturated heterocycles. The quantitative estimate of drug-likeness (QED) is 0.00997. The van der Waals surface area contributed by atoms with E-state index in [-0.39, 0.29) is 86.5 Å². The maximum Gasteiger partial charge on any atom is 0.353 e. The van der Waals surface area contributed by atoms with Crippen molar-refractivity contribution >= 4 is 97.3 Å². The summed E-state index contributed by atoms with van der Waals surface area (Å²) in [7, 11) is -12.3. The van der Waals surface area contributed by atoms with Crippen LogP contribution < -0.4 is 22.8 Å². The van der Waals surface area contributed by atoms with E-state index in [9.17, 15) is 28.3 Å². The molecule has 6 aromatic heterocycles. The Balaban J connectivity index is 0.000000302. The highest BCUT2D eigenvalue weighted by Gasteiger charge is 2.33. The lowest BCUT2D eigenvalue weighted by Crippen LogP contribution is -2.39. The Morgan fingerprint density at radius 2 is 0.714 bits per heavy atom. The molecule has 8 rings (SSSR count). The summed E-state index contributed by atoms with van der Waals surface area (Å²) in [5.74, 6) is 0.0327. The molecule has 8 aromatic rings. The molecule has 668 valence electrons. The minimum absolute atomic E-state index is 0.0232. The molecule has 6 heterocycles. The van der Waals surface area contributed by atoms with E-state index in [1.807, 2.05) is 74.5 Å². The molecule has 4 atom stereocenters. The van der Waals surface area contributed by atoms with Crippen molar-refractivity contribution in [2.24, 2.45) is 0 Å². The fourth-order valence-corrected chi connectivity index (χ4v) is 15.5. The van der Waals surface area contributed by atoms with E-state index in [2.05, 4.69) is 58.7 Å². The SMILES string of the molecule is CCCCCCCCCCCCCCCCCCOC[C@](C)(COP(=O)(O)COCCn1cnc2c(=O)[nH]c(N)nc21)OCc1ccccc1.CCCCCCCCCCCCCCCCCCOC[C@](C)(COP(=O)(O)COCCn1cnc2c(Cl)nc(N)nc21)OCc1ccccc1.Nc1nc(Cl)c2ncn(CCOCP(=O)(O)O)c2n1. The maximum absolute atomic E-state index is 12.9. The zero-order valence-electron chi connectivity index (χ0n) is 70.5. The highest BCUT2D eigenvalue weighted by Crippen LogP contribution is 2.44. The molecular formula is C82H134Cl2N15O17P3. The second-order valence-electron chi connectivity index (χ2n) is 30.8. The number of nitrogens with two attached hydrogens (primary N) is 3. The number of nitrogen functional groups attached to an aromatic ring is 3. The highest BCUT2D eigenvalue weighted by molar-refractivity contribution is 7.52. The molecule has 0 aliphatic carbocycles. The summed E-state index contributed by atoms with van der Waals surface area (Å²) >= 11 is 11.9. The van der Waals surface area contributed by atoms with Gasteiger partial charge in [0, 0.05) is 32.8 Å². The van der Waals surface area contributed by atoms with Crippen LogP contribution in [0, 0.1) is 0 Å². The monoisotopic (exact) mass is 1760 g/mol. The Morgan fingerprint density at radius 1 is 0.403 bits per heavy atom. The Labute approximate surface area is 711 Å². The molecular weight excluding hydrogens is 1630 g/mol. The lowest BCUT2D eigenvalue weighted by molar-refractivity contribution is -0.116. The summed E-state index contributed by atoms with van der Waals surface area (Å²) in [6, 6.07) is 19.5. The summed E-state index contributed by atoms with van der Waals surface area (Å²) < 4.78 is 92.5. The van der Waals surface area contributed by atoms with Gasteiger partial charge in [0.2, 0.25) is 17.8 Å². The number of imidazole rings is 3. The largest absolute Gasteiger partial charge is 0.378 e. The average molecular weight is 1770 g/mol. The van der Waals surface area contributed by atoms with Crippen LogP contribution in [0.5, 0.6) is 0 Å². The number of aromatic nitrogens is 12. The second kappa shape index (κ2) is 57.5. The topological polar surface area (TPSA) is 444 Å². The van der Waals surface area contributed by atoms with Gasteiger partial charge < -0.3 is 92.7 Å². The standard InChI is InChI=1S/C37H61ClN5O6P.C37H62N5O7P.C8H11ClN5O4P/c1-3-4-5-6-7-8-9-10-11-12-13-14-15-16-17-21-25-46-28-37(2,48-27-32-22-19-18-20-23-32)29-49-50(44,45)31-47-26-24-43-30-40-33-34(38)41-36(39)42-35(33)43;1-3-4-5-6-7-8-9-10-11-12-13-14-15-16-17-21-25-46-28-37(2,48-27-32-22-19-18-20-23-32)29-49-50(44,45)31-47-26-24-42-30-39-33-34(42)40-36(38)41-35(33)43;9-6-5-7(13-8(10)12-6)14(3-11-5)1-2-18-4-19(15,16)17/h18-20,22-23,30H,3-17,21,24-29,31H2,1-2H3,(H,44,45)(H2,39,41,42);18-20,22-23,30H,3-17,21,24-29,31H2,1-2H3,(H,44,45)(H3,38,40,41,43);3H,1-2,4H2,(H2,10,12,13)(H2,15,16,17)/t2*37-;/m11./s1. The van der Waals surface area contributed by atoms with Gasteiger partial charge in [-0.1, -0.05) is 290 Å². The van der Waals surface area contributed by atoms with Crippen LogP contribution in [0.1, 0.15) is 244 Å². The molecule has 0 aliphatic heterocycles. The molecule has 119 heavy (non-hydrogen) atoms. The van der Waals surface area contributed by atoms with Crippen molar-refractivity contribution in [3.8, 4) is 0 Å².